The molecule has 1 atom stereocenters. The summed E-state index contributed by atoms with van der Waals surface area (Å²) in [6.07, 6.45) is 0. The summed E-state index contributed by atoms with van der Waals surface area (Å²) < 4.78 is 11.3. The number of nitrogens with one attached hydrogen (secondary N) is 2. The Labute approximate surface area is 164 Å². The van der Waals surface area contributed by atoms with Gasteiger partial charge in [-0.2, -0.15) is 0 Å². The van der Waals surface area contributed by atoms with Crippen molar-refractivity contribution in [2.75, 3.05) is 53.0 Å². The monoisotopic (exact) mass is 376 g/mol. The molecule has 1 saturated heterocycles. The third-order valence-electron chi connectivity index (χ3n) is 4.91. The number of morpholine rings is 1. The second-order valence-corrected chi connectivity index (χ2v) is 7.82. The number of hydrogen-bond acceptors (Lipinski definition) is 4. The molecule has 0 radical (unpaired) electrons. The van der Waals surface area contributed by atoms with Crippen LogP contribution in [0.25, 0.3) is 0 Å². The van der Waals surface area contributed by atoms with Crippen LogP contribution in [0.4, 0.5) is 0 Å². The normalized spacial score (nSPS) is 17.6. The largest absolute Gasteiger partial charge is 0.379 e. The summed E-state index contributed by atoms with van der Waals surface area (Å²) in [5, 5.41) is 6.87. The van der Waals surface area contributed by atoms with Gasteiger partial charge in [0.1, 0.15) is 0 Å². The SMILES string of the molecule is CN=C(NCC(C)COCc1ccccc1)NCC(C)(C)N1CCOCC1. The fraction of sp³-hybridized carbons (Fsp3) is 0.667. The van der Waals surface area contributed by atoms with Crippen LogP contribution in [-0.4, -0.2) is 69.4 Å². The van der Waals surface area contributed by atoms with E-state index in [1.54, 1.807) is 0 Å². The summed E-state index contributed by atoms with van der Waals surface area (Å²) in [6, 6.07) is 10.3. The van der Waals surface area contributed by atoms with Gasteiger partial charge in [-0.15, -0.1) is 0 Å². The predicted octanol–water partition coefficient (Wildman–Crippen LogP) is 2.12. The molecule has 1 aromatic rings. The van der Waals surface area contributed by atoms with Crippen LogP contribution < -0.4 is 10.6 Å². The van der Waals surface area contributed by atoms with Crippen LogP contribution in [0.5, 0.6) is 0 Å². The van der Waals surface area contributed by atoms with E-state index in [0.717, 1.165) is 52.0 Å². The van der Waals surface area contributed by atoms with Crippen LogP contribution >= 0.6 is 0 Å². The third-order valence-corrected chi connectivity index (χ3v) is 4.91. The quantitative estimate of drug-likeness (QED) is 0.511. The standard InChI is InChI=1S/C21H36N4O2/c1-18(15-27-16-19-8-6-5-7-9-19)14-23-20(22-4)24-17-21(2,3)25-10-12-26-13-11-25/h5-9,18H,10-17H2,1-4H3,(H2,22,23,24). The summed E-state index contributed by atoms with van der Waals surface area (Å²) in [5.41, 5.74) is 1.27. The fourth-order valence-electron chi connectivity index (χ4n) is 3.08. The topological polar surface area (TPSA) is 58.1 Å². The van der Waals surface area contributed by atoms with Crippen molar-refractivity contribution in [3.05, 3.63) is 35.9 Å². The Hall–Kier alpha value is -1.63. The van der Waals surface area contributed by atoms with Crippen molar-refractivity contribution in [3.63, 3.8) is 0 Å². The summed E-state index contributed by atoms with van der Waals surface area (Å²) >= 11 is 0. The zero-order valence-electron chi connectivity index (χ0n) is 17.3. The fourth-order valence-corrected chi connectivity index (χ4v) is 3.08. The molecular weight excluding hydrogens is 340 g/mol. The van der Waals surface area contributed by atoms with Crippen LogP contribution in [0.1, 0.15) is 26.3 Å². The van der Waals surface area contributed by atoms with E-state index in [1.807, 2.05) is 25.2 Å². The van der Waals surface area contributed by atoms with E-state index in [0.29, 0.717) is 12.5 Å². The summed E-state index contributed by atoms with van der Waals surface area (Å²) in [5.74, 6) is 1.24. The van der Waals surface area contributed by atoms with Crippen molar-refractivity contribution in [2.45, 2.75) is 32.9 Å². The molecule has 0 saturated carbocycles. The summed E-state index contributed by atoms with van der Waals surface area (Å²) in [6.45, 7) is 13.4. The highest BCUT2D eigenvalue weighted by molar-refractivity contribution is 5.79. The van der Waals surface area contributed by atoms with Gasteiger partial charge in [0.05, 0.1) is 26.4 Å². The number of hydrogen-bond donors (Lipinski definition) is 2. The minimum absolute atomic E-state index is 0.0613. The highest BCUT2D eigenvalue weighted by Crippen LogP contribution is 2.15. The lowest BCUT2D eigenvalue weighted by Crippen LogP contribution is -2.56. The van der Waals surface area contributed by atoms with Gasteiger partial charge < -0.3 is 20.1 Å². The van der Waals surface area contributed by atoms with Gasteiger partial charge in [-0.3, -0.25) is 9.89 Å². The molecule has 2 rings (SSSR count). The first-order chi connectivity index (χ1) is 13.0. The smallest absolute Gasteiger partial charge is 0.191 e. The maximum atomic E-state index is 5.82. The van der Waals surface area contributed by atoms with E-state index >= 15 is 0 Å². The maximum Gasteiger partial charge on any atom is 0.191 e. The van der Waals surface area contributed by atoms with E-state index < -0.39 is 0 Å². The minimum Gasteiger partial charge on any atom is -0.379 e. The van der Waals surface area contributed by atoms with Gasteiger partial charge in [-0.1, -0.05) is 37.3 Å². The van der Waals surface area contributed by atoms with E-state index in [4.69, 9.17) is 9.47 Å². The van der Waals surface area contributed by atoms with Crippen molar-refractivity contribution >= 4 is 5.96 Å². The van der Waals surface area contributed by atoms with Crippen LogP contribution in [0.2, 0.25) is 0 Å². The number of nitrogens with zero attached hydrogens (tertiary/aromatic N) is 2. The molecule has 1 fully saturated rings. The van der Waals surface area contributed by atoms with Gasteiger partial charge in [-0.05, 0) is 25.3 Å². The van der Waals surface area contributed by atoms with E-state index in [-0.39, 0.29) is 5.54 Å². The number of aliphatic imine (C=N–C) groups is 1. The first-order valence-electron chi connectivity index (χ1n) is 9.90. The zero-order valence-corrected chi connectivity index (χ0v) is 17.3. The minimum atomic E-state index is 0.0613. The maximum absolute atomic E-state index is 5.82. The number of rotatable bonds is 9. The second kappa shape index (κ2) is 11.3. The Morgan fingerprint density at radius 1 is 1.22 bits per heavy atom. The average molecular weight is 377 g/mol. The van der Waals surface area contributed by atoms with Crippen LogP contribution in [0.15, 0.2) is 35.3 Å². The van der Waals surface area contributed by atoms with Gasteiger partial charge in [0.25, 0.3) is 0 Å². The van der Waals surface area contributed by atoms with E-state index in [1.165, 1.54) is 5.56 Å². The molecule has 0 spiro atoms. The molecule has 0 aliphatic carbocycles. The zero-order chi connectivity index (χ0) is 19.5. The first kappa shape index (κ1) is 21.7. The molecule has 1 aliphatic heterocycles. The van der Waals surface area contributed by atoms with Crippen molar-refractivity contribution in [1.82, 2.24) is 15.5 Å². The van der Waals surface area contributed by atoms with E-state index in [2.05, 4.69) is 53.4 Å². The second-order valence-electron chi connectivity index (χ2n) is 7.82. The molecule has 1 aliphatic rings. The third kappa shape index (κ3) is 7.87. The molecule has 6 nitrogen and oxygen atoms in total. The Morgan fingerprint density at radius 3 is 2.59 bits per heavy atom. The molecule has 2 N–H and O–H groups in total. The summed E-state index contributed by atoms with van der Waals surface area (Å²) in [4.78, 5) is 6.82. The predicted molar refractivity (Wildman–Crippen MR) is 111 cm³/mol. The Bertz CT molecular complexity index is 557. The summed E-state index contributed by atoms with van der Waals surface area (Å²) in [7, 11) is 1.81. The van der Waals surface area contributed by atoms with Gasteiger partial charge >= 0.3 is 0 Å². The van der Waals surface area contributed by atoms with Crippen molar-refractivity contribution < 1.29 is 9.47 Å². The van der Waals surface area contributed by atoms with Gasteiger partial charge in [0, 0.05) is 38.8 Å². The van der Waals surface area contributed by atoms with E-state index in [9.17, 15) is 0 Å². The molecule has 1 unspecified atom stereocenters. The molecule has 0 bridgehead atoms. The molecule has 0 amide bonds. The van der Waals surface area contributed by atoms with Crippen molar-refractivity contribution in [1.29, 1.82) is 0 Å². The lowest BCUT2D eigenvalue weighted by Gasteiger charge is -2.41. The first-order valence-corrected chi connectivity index (χ1v) is 9.90. The highest BCUT2D eigenvalue weighted by Gasteiger charge is 2.28. The van der Waals surface area contributed by atoms with Gasteiger partial charge in [-0.25, -0.2) is 0 Å². The van der Waals surface area contributed by atoms with Gasteiger partial charge in [0.2, 0.25) is 0 Å². The number of benzene rings is 1. The van der Waals surface area contributed by atoms with Crippen LogP contribution in [0.3, 0.4) is 0 Å². The Morgan fingerprint density at radius 2 is 1.93 bits per heavy atom. The number of guanidine groups is 1. The molecular formula is C21H36N4O2. The van der Waals surface area contributed by atoms with Crippen molar-refractivity contribution in [2.24, 2.45) is 10.9 Å². The lowest BCUT2D eigenvalue weighted by molar-refractivity contribution is -0.00834. The molecule has 27 heavy (non-hydrogen) atoms. The molecule has 6 heteroatoms. The van der Waals surface area contributed by atoms with Crippen molar-refractivity contribution in [3.8, 4) is 0 Å². The highest BCUT2D eigenvalue weighted by atomic mass is 16.5. The van der Waals surface area contributed by atoms with Gasteiger partial charge in [0.15, 0.2) is 5.96 Å². The molecule has 1 heterocycles. The molecule has 152 valence electrons. The molecule has 0 aromatic heterocycles. The average Bonchev–Trinajstić information content (AvgIpc) is 2.69. The number of ether oxygens (including phenoxy) is 2. The van der Waals surface area contributed by atoms with Crippen LogP contribution in [-0.2, 0) is 16.1 Å². The Kier molecular flexibility index (Phi) is 9.04. The Balaban J connectivity index is 1.65. The molecule has 1 aromatic carbocycles. The van der Waals surface area contributed by atoms with Crippen LogP contribution in [0, 0.1) is 5.92 Å². The lowest BCUT2D eigenvalue weighted by atomic mass is 10.0.